The second kappa shape index (κ2) is 10.8. The van der Waals surface area contributed by atoms with Gasteiger partial charge in [-0.05, 0) is 42.8 Å². The zero-order chi connectivity index (χ0) is 25.9. The van der Waals surface area contributed by atoms with Crippen molar-refractivity contribution in [2.24, 2.45) is 0 Å². The number of aromatic nitrogens is 1. The molecule has 1 aliphatic rings. The van der Waals surface area contributed by atoms with E-state index in [0.717, 1.165) is 5.69 Å². The zero-order valence-corrected chi connectivity index (χ0v) is 26.4. The van der Waals surface area contributed by atoms with E-state index in [0.29, 0.717) is 0 Å². The smallest absolute Gasteiger partial charge is 0.504 e. The molecule has 1 aliphatic heterocycles. The molecule has 0 fully saturated rings. The van der Waals surface area contributed by atoms with Gasteiger partial charge in [-0.15, -0.1) is 11.5 Å². The number of rotatable bonds is 4. The molecule has 200 valence electrons. The number of fused-ring (bicyclic) bond motifs is 4. The van der Waals surface area contributed by atoms with E-state index >= 15 is 0 Å². The van der Waals surface area contributed by atoms with Crippen molar-refractivity contribution in [3.8, 4) is 5.69 Å². The Morgan fingerprint density at radius 2 is 1.48 bits per heavy atom. The van der Waals surface area contributed by atoms with Gasteiger partial charge in [-0.25, -0.2) is 0 Å². The van der Waals surface area contributed by atoms with Gasteiger partial charge in [0.2, 0.25) is 0 Å². The van der Waals surface area contributed by atoms with Crippen molar-refractivity contribution in [1.82, 2.24) is 4.57 Å². The number of benzene rings is 5. The monoisotopic (exact) mass is 716 g/mol. The first-order valence-corrected chi connectivity index (χ1v) is 16.0. The summed E-state index contributed by atoms with van der Waals surface area (Å²) in [7, 11) is 0.0585. The second-order valence-electron chi connectivity index (χ2n) is 10.5. The van der Waals surface area contributed by atoms with Crippen LogP contribution in [0.2, 0.25) is 13.1 Å². The number of hydrogen-bond donors (Lipinski definition) is 0. The van der Waals surface area contributed by atoms with Crippen LogP contribution in [-0.2, 0) is 21.1 Å². The Hall–Kier alpha value is -3.59. The van der Waals surface area contributed by atoms with Gasteiger partial charge < -0.3 is 21.8 Å². The standard InChI is InChI=1S/C34H28N3Si.CH3.Pt/c1-35-24-36(34-19-10-9-18-33(34)35)26-14-11-15-27(22-26)38(2,3)28-20-21-32-30(23-28)29-16-7-8-17-31(29)37(32)25-12-5-4-6-13-25;;/h4-12,14-19,21-24H,1-3H3;1H3;/q-3;-1;+4. The molecule has 0 bridgehead atoms. The van der Waals surface area contributed by atoms with E-state index in [1.54, 1.807) is 0 Å². The fraction of sp³-hybridized carbons (Fsp3) is 0.0857. The van der Waals surface area contributed by atoms with Crippen molar-refractivity contribution in [2.75, 3.05) is 16.8 Å². The van der Waals surface area contributed by atoms with Crippen LogP contribution in [0.5, 0.6) is 0 Å². The summed E-state index contributed by atoms with van der Waals surface area (Å²) in [5.74, 6) is 0. The van der Waals surface area contributed by atoms with Gasteiger partial charge in [0.25, 0.3) is 0 Å². The molecule has 0 amide bonds. The number of para-hydroxylation sites is 4. The van der Waals surface area contributed by atoms with Gasteiger partial charge in [-0.1, -0.05) is 71.9 Å². The molecule has 7 rings (SSSR count). The molecule has 6 aromatic rings. The predicted molar refractivity (Wildman–Crippen MR) is 169 cm³/mol. The van der Waals surface area contributed by atoms with Gasteiger partial charge in [0, 0.05) is 22.6 Å². The summed E-state index contributed by atoms with van der Waals surface area (Å²) in [6, 6.07) is 46.2. The SMILES string of the molecule is CN1[CH-]N(c2cccc([Si](C)(C)c3[c-]cc4c(c3)c3ccccc3n4-c3[c-]cccc3)c2)c2ccccc21.[CH3-].[Pt+4]. The van der Waals surface area contributed by atoms with Gasteiger partial charge in [0.15, 0.2) is 0 Å². The molecule has 0 N–H and O–H groups in total. The van der Waals surface area contributed by atoms with Crippen LogP contribution >= 0.6 is 0 Å². The van der Waals surface area contributed by atoms with Crippen molar-refractivity contribution in [3.05, 3.63) is 135 Å². The van der Waals surface area contributed by atoms with Gasteiger partial charge in [0.05, 0.1) is 8.07 Å². The van der Waals surface area contributed by atoms with Crippen LogP contribution in [0.4, 0.5) is 17.1 Å². The van der Waals surface area contributed by atoms with E-state index in [1.165, 1.54) is 49.2 Å². The fourth-order valence-electron chi connectivity index (χ4n) is 5.72. The van der Waals surface area contributed by atoms with Crippen LogP contribution in [-0.4, -0.2) is 19.7 Å². The largest absolute Gasteiger partial charge is 4.00 e. The maximum Gasteiger partial charge on any atom is 4.00 e. The second-order valence-corrected chi connectivity index (χ2v) is 14.9. The van der Waals surface area contributed by atoms with E-state index in [2.05, 4.69) is 150 Å². The Morgan fingerprint density at radius 1 is 0.725 bits per heavy atom. The third-order valence-electron chi connectivity index (χ3n) is 7.87. The molecule has 1 aromatic heterocycles. The summed E-state index contributed by atoms with van der Waals surface area (Å²) in [5.41, 5.74) is 7.05. The first-order valence-electron chi connectivity index (χ1n) is 13.0. The van der Waals surface area contributed by atoms with Crippen molar-refractivity contribution >= 4 is 57.3 Å². The minimum atomic E-state index is -2.05. The topological polar surface area (TPSA) is 11.4 Å². The molecule has 2 heterocycles. The third-order valence-corrected chi connectivity index (χ3v) is 11.3. The van der Waals surface area contributed by atoms with Crippen LogP contribution in [0.1, 0.15) is 0 Å². The van der Waals surface area contributed by atoms with Crippen LogP contribution in [0.3, 0.4) is 0 Å². The Bertz CT molecular complexity index is 1810. The Kier molecular flexibility index (Phi) is 7.52. The summed E-state index contributed by atoms with van der Waals surface area (Å²) < 4.78 is 2.30. The number of anilines is 3. The van der Waals surface area contributed by atoms with Crippen LogP contribution in [0.15, 0.2) is 109 Å². The summed E-state index contributed by atoms with van der Waals surface area (Å²) in [6.45, 7) is 7.04. The molecule has 5 aromatic carbocycles. The molecule has 0 saturated carbocycles. The van der Waals surface area contributed by atoms with Crippen LogP contribution in [0, 0.1) is 26.2 Å². The molecule has 0 atom stereocenters. The normalized spacial score (nSPS) is 12.8. The van der Waals surface area contributed by atoms with Crippen molar-refractivity contribution < 1.29 is 21.1 Å². The molecule has 5 heteroatoms. The predicted octanol–water partition coefficient (Wildman–Crippen LogP) is 7.36. The van der Waals surface area contributed by atoms with E-state index < -0.39 is 8.07 Å². The number of nitrogens with zero attached hydrogens (tertiary/aromatic N) is 3. The Morgan fingerprint density at radius 3 is 2.27 bits per heavy atom. The van der Waals surface area contributed by atoms with Gasteiger partial charge >= 0.3 is 21.1 Å². The molecule has 0 radical (unpaired) electrons. The van der Waals surface area contributed by atoms with E-state index in [-0.39, 0.29) is 28.5 Å². The minimum absolute atomic E-state index is 0. The first kappa shape index (κ1) is 28.0. The molecular formula is C35H31N3PtSi. The Labute approximate surface area is 252 Å². The van der Waals surface area contributed by atoms with E-state index in [9.17, 15) is 0 Å². The zero-order valence-electron chi connectivity index (χ0n) is 23.1. The molecule has 0 saturated heterocycles. The molecule has 0 spiro atoms. The number of hydrogen-bond acceptors (Lipinski definition) is 2. The van der Waals surface area contributed by atoms with Crippen molar-refractivity contribution in [3.63, 3.8) is 0 Å². The Balaban J connectivity index is 0.00000161. The maximum absolute atomic E-state index is 3.73. The third kappa shape index (κ3) is 4.40. The van der Waals surface area contributed by atoms with E-state index in [1.807, 2.05) is 12.1 Å². The molecule has 0 aliphatic carbocycles. The van der Waals surface area contributed by atoms with E-state index in [4.69, 9.17) is 0 Å². The fourth-order valence-corrected chi connectivity index (χ4v) is 7.99. The van der Waals surface area contributed by atoms with Gasteiger partial charge in [-0.2, -0.15) is 54.3 Å². The molecule has 3 nitrogen and oxygen atoms in total. The average Bonchev–Trinajstić information content (AvgIpc) is 3.48. The van der Waals surface area contributed by atoms with Crippen LogP contribution in [0.25, 0.3) is 27.5 Å². The average molecular weight is 717 g/mol. The van der Waals surface area contributed by atoms with Gasteiger partial charge in [-0.3, -0.25) is 0 Å². The van der Waals surface area contributed by atoms with Crippen molar-refractivity contribution in [2.45, 2.75) is 13.1 Å². The molecule has 40 heavy (non-hydrogen) atoms. The maximum atomic E-state index is 3.73. The summed E-state index contributed by atoms with van der Waals surface area (Å²) in [6.07, 6.45) is 0. The minimum Gasteiger partial charge on any atom is -0.504 e. The van der Waals surface area contributed by atoms with Crippen LogP contribution < -0.4 is 20.2 Å². The first-order chi connectivity index (χ1) is 18.5. The van der Waals surface area contributed by atoms with Gasteiger partial charge in [0.1, 0.15) is 0 Å². The summed E-state index contributed by atoms with van der Waals surface area (Å²) >= 11 is 0. The van der Waals surface area contributed by atoms with Crippen molar-refractivity contribution in [1.29, 1.82) is 0 Å². The molecular weight excluding hydrogens is 686 g/mol. The summed E-state index contributed by atoms with van der Waals surface area (Å²) in [5, 5.41) is 5.24. The summed E-state index contributed by atoms with van der Waals surface area (Å²) in [4.78, 5) is 4.48. The quantitative estimate of drug-likeness (QED) is 0.140. The molecule has 0 unspecified atom stereocenters.